The minimum Gasteiger partial charge on any atom is -0.476 e. The van der Waals surface area contributed by atoms with Crippen LogP contribution in [0.1, 0.15) is 10.5 Å². The molecular weight excluding hydrogens is 227 g/mol. The van der Waals surface area contributed by atoms with E-state index >= 15 is 0 Å². The van der Waals surface area contributed by atoms with Crippen molar-refractivity contribution in [3.8, 4) is 11.6 Å². The van der Waals surface area contributed by atoms with Crippen LogP contribution in [0, 0.1) is 5.82 Å². The molecule has 5 nitrogen and oxygen atoms in total. The summed E-state index contributed by atoms with van der Waals surface area (Å²) >= 11 is 0. The Hall–Kier alpha value is -2.50. The number of rotatable bonds is 3. The van der Waals surface area contributed by atoms with Crippen LogP contribution in [0.5, 0.6) is 11.6 Å². The zero-order chi connectivity index (χ0) is 12.3. The maximum Gasteiger partial charge on any atom is 0.356 e. The summed E-state index contributed by atoms with van der Waals surface area (Å²) in [5, 5.41) is 8.61. The number of hydrogen-bond donors (Lipinski definition) is 1. The SMILES string of the molecule is O=C(O)c1cnc(Oc2cccc(F)c2)cn1. The molecule has 1 aromatic heterocycles. The summed E-state index contributed by atoms with van der Waals surface area (Å²) in [5.74, 6) is -1.24. The largest absolute Gasteiger partial charge is 0.476 e. The summed E-state index contributed by atoms with van der Waals surface area (Å²) < 4.78 is 18.0. The molecule has 0 saturated heterocycles. The van der Waals surface area contributed by atoms with Gasteiger partial charge in [-0.3, -0.25) is 0 Å². The summed E-state index contributed by atoms with van der Waals surface area (Å²) in [6, 6.07) is 5.51. The Balaban J connectivity index is 2.16. The molecule has 0 saturated carbocycles. The average Bonchev–Trinajstić information content (AvgIpc) is 2.29. The fourth-order valence-electron chi connectivity index (χ4n) is 1.13. The molecule has 0 atom stereocenters. The van der Waals surface area contributed by atoms with Crippen molar-refractivity contribution in [2.45, 2.75) is 0 Å². The van der Waals surface area contributed by atoms with Gasteiger partial charge in [0.2, 0.25) is 5.88 Å². The first kappa shape index (κ1) is 11.0. The topological polar surface area (TPSA) is 72.3 Å². The van der Waals surface area contributed by atoms with Gasteiger partial charge in [0, 0.05) is 6.07 Å². The highest BCUT2D eigenvalue weighted by atomic mass is 19.1. The highest BCUT2D eigenvalue weighted by Crippen LogP contribution is 2.18. The van der Waals surface area contributed by atoms with Crippen LogP contribution in [-0.2, 0) is 0 Å². The van der Waals surface area contributed by atoms with Crippen molar-refractivity contribution in [3.05, 3.63) is 48.2 Å². The Morgan fingerprint density at radius 2 is 2.12 bits per heavy atom. The molecule has 0 aliphatic rings. The van der Waals surface area contributed by atoms with E-state index in [4.69, 9.17) is 9.84 Å². The molecule has 0 aliphatic carbocycles. The second kappa shape index (κ2) is 4.56. The Morgan fingerprint density at radius 1 is 1.29 bits per heavy atom. The van der Waals surface area contributed by atoms with Crippen LogP contribution >= 0.6 is 0 Å². The van der Waals surface area contributed by atoms with Crippen LogP contribution in [0.25, 0.3) is 0 Å². The molecule has 0 aliphatic heterocycles. The second-order valence-electron chi connectivity index (χ2n) is 3.10. The summed E-state index contributed by atoms with van der Waals surface area (Å²) in [4.78, 5) is 17.9. The minimum atomic E-state index is -1.17. The van der Waals surface area contributed by atoms with Crippen LogP contribution < -0.4 is 4.74 Å². The van der Waals surface area contributed by atoms with E-state index in [1.165, 1.54) is 18.2 Å². The van der Waals surface area contributed by atoms with Crippen molar-refractivity contribution in [1.82, 2.24) is 9.97 Å². The molecular formula is C11H7FN2O3. The highest BCUT2D eigenvalue weighted by Gasteiger charge is 2.06. The zero-order valence-corrected chi connectivity index (χ0v) is 8.50. The number of carboxylic acid groups (broad SMARTS) is 1. The number of carbonyl (C=O) groups is 1. The first-order valence-corrected chi connectivity index (χ1v) is 4.64. The molecule has 0 radical (unpaired) electrons. The summed E-state index contributed by atoms with van der Waals surface area (Å²) in [7, 11) is 0. The van der Waals surface area contributed by atoms with Gasteiger partial charge in [0.25, 0.3) is 0 Å². The van der Waals surface area contributed by atoms with E-state index in [9.17, 15) is 9.18 Å². The van der Waals surface area contributed by atoms with Crippen molar-refractivity contribution < 1.29 is 19.0 Å². The Kier molecular flexibility index (Phi) is 2.95. The van der Waals surface area contributed by atoms with Gasteiger partial charge < -0.3 is 9.84 Å². The van der Waals surface area contributed by atoms with Crippen molar-refractivity contribution in [1.29, 1.82) is 0 Å². The minimum absolute atomic E-state index is 0.0978. The van der Waals surface area contributed by atoms with Gasteiger partial charge in [-0.2, -0.15) is 0 Å². The number of benzene rings is 1. The number of hydrogen-bond acceptors (Lipinski definition) is 4. The lowest BCUT2D eigenvalue weighted by Crippen LogP contribution is -2.01. The molecule has 17 heavy (non-hydrogen) atoms. The molecule has 0 spiro atoms. The van der Waals surface area contributed by atoms with Gasteiger partial charge in [0.05, 0.1) is 12.4 Å². The van der Waals surface area contributed by atoms with Crippen LogP contribution in [0.2, 0.25) is 0 Å². The number of aromatic nitrogens is 2. The number of aromatic carboxylic acids is 1. The standard InChI is InChI=1S/C11H7FN2O3/c12-7-2-1-3-8(4-7)17-10-6-13-9(5-14-10)11(15)16/h1-6H,(H,15,16). The first-order chi connectivity index (χ1) is 8.15. The van der Waals surface area contributed by atoms with Gasteiger partial charge in [-0.05, 0) is 12.1 Å². The molecule has 2 rings (SSSR count). The fraction of sp³-hybridized carbons (Fsp3) is 0. The molecule has 1 aromatic carbocycles. The third-order valence-corrected chi connectivity index (χ3v) is 1.87. The average molecular weight is 234 g/mol. The van der Waals surface area contributed by atoms with Crippen LogP contribution in [0.15, 0.2) is 36.7 Å². The lowest BCUT2D eigenvalue weighted by Gasteiger charge is -2.03. The Labute approximate surface area is 95.5 Å². The lowest BCUT2D eigenvalue weighted by atomic mass is 10.3. The van der Waals surface area contributed by atoms with Crippen LogP contribution in [-0.4, -0.2) is 21.0 Å². The van der Waals surface area contributed by atoms with E-state index < -0.39 is 11.8 Å². The fourth-order valence-corrected chi connectivity index (χ4v) is 1.13. The highest BCUT2D eigenvalue weighted by molar-refractivity contribution is 5.84. The van der Waals surface area contributed by atoms with Crippen molar-refractivity contribution in [2.24, 2.45) is 0 Å². The quantitative estimate of drug-likeness (QED) is 0.880. The molecule has 2 aromatic rings. The molecule has 1 N–H and O–H groups in total. The van der Waals surface area contributed by atoms with E-state index in [2.05, 4.69) is 9.97 Å². The van der Waals surface area contributed by atoms with Crippen molar-refractivity contribution >= 4 is 5.97 Å². The molecule has 86 valence electrons. The zero-order valence-electron chi connectivity index (χ0n) is 8.50. The van der Waals surface area contributed by atoms with E-state index in [1.54, 1.807) is 6.07 Å². The van der Waals surface area contributed by atoms with Gasteiger partial charge in [0.1, 0.15) is 11.6 Å². The van der Waals surface area contributed by atoms with Crippen molar-refractivity contribution in [2.75, 3.05) is 0 Å². The molecule has 0 fully saturated rings. The predicted octanol–water partition coefficient (Wildman–Crippen LogP) is 2.11. The normalized spacial score (nSPS) is 9.94. The number of halogens is 1. The summed E-state index contributed by atoms with van der Waals surface area (Å²) in [6.07, 6.45) is 2.23. The van der Waals surface area contributed by atoms with E-state index in [0.717, 1.165) is 12.4 Å². The predicted molar refractivity (Wildman–Crippen MR) is 55.5 cm³/mol. The van der Waals surface area contributed by atoms with Crippen LogP contribution in [0.3, 0.4) is 0 Å². The van der Waals surface area contributed by atoms with Crippen molar-refractivity contribution in [3.63, 3.8) is 0 Å². The van der Waals surface area contributed by atoms with E-state index in [0.29, 0.717) is 0 Å². The van der Waals surface area contributed by atoms with E-state index in [-0.39, 0.29) is 17.3 Å². The van der Waals surface area contributed by atoms with Gasteiger partial charge >= 0.3 is 5.97 Å². The van der Waals surface area contributed by atoms with Gasteiger partial charge in [0.15, 0.2) is 5.69 Å². The molecule has 1 heterocycles. The smallest absolute Gasteiger partial charge is 0.356 e. The lowest BCUT2D eigenvalue weighted by molar-refractivity contribution is 0.0690. The van der Waals surface area contributed by atoms with Gasteiger partial charge in [-0.25, -0.2) is 19.2 Å². The molecule has 0 amide bonds. The molecule has 0 unspecified atom stereocenters. The first-order valence-electron chi connectivity index (χ1n) is 4.64. The number of carboxylic acids is 1. The number of ether oxygens (including phenoxy) is 1. The summed E-state index contributed by atoms with van der Waals surface area (Å²) in [5.41, 5.74) is -0.184. The van der Waals surface area contributed by atoms with Crippen LogP contribution in [0.4, 0.5) is 4.39 Å². The van der Waals surface area contributed by atoms with Gasteiger partial charge in [-0.1, -0.05) is 6.07 Å². The monoisotopic (exact) mass is 234 g/mol. The second-order valence-corrected chi connectivity index (χ2v) is 3.10. The third-order valence-electron chi connectivity index (χ3n) is 1.87. The maximum absolute atomic E-state index is 12.8. The Bertz CT molecular complexity index is 543. The van der Waals surface area contributed by atoms with Gasteiger partial charge in [-0.15, -0.1) is 0 Å². The molecule has 0 bridgehead atoms. The maximum atomic E-state index is 12.8. The Morgan fingerprint density at radius 3 is 2.71 bits per heavy atom. The molecule has 6 heteroatoms. The number of nitrogens with zero attached hydrogens (tertiary/aromatic N) is 2. The summed E-state index contributed by atoms with van der Waals surface area (Å²) in [6.45, 7) is 0. The van der Waals surface area contributed by atoms with E-state index in [1.807, 2.05) is 0 Å². The third kappa shape index (κ3) is 2.75.